The van der Waals surface area contributed by atoms with Gasteiger partial charge < -0.3 is 15.4 Å². The Bertz CT molecular complexity index is 518. The highest BCUT2D eigenvalue weighted by Crippen LogP contribution is 2.34. The van der Waals surface area contributed by atoms with Crippen molar-refractivity contribution in [3.63, 3.8) is 0 Å². The van der Waals surface area contributed by atoms with Crippen LogP contribution in [0, 0.1) is 0 Å². The van der Waals surface area contributed by atoms with Crippen molar-refractivity contribution >= 4 is 10.9 Å². The Kier molecular flexibility index (Phi) is 2.87. The molecule has 0 saturated carbocycles. The molecule has 1 aliphatic carbocycles. The zero-order valence-corrected chi connectivity index (χ0v) is 9.87. The molecule has 17 heavy (non-hydrogen) atoms. The summed E-state index contributed by atoms with van der Waals surface area (Å²) in [4.78, 5) is 3.53. The molecular weight excluding hydrogens is 212 g/mol. The van der Waals surface area contributed by atoms with Crippen molar-refractivity contribution in [1.82, 2.24) is 10.3 Å². The van der Waals surface area contributed by atoms with E-state index in [1.54, 1.807) is 0 Å². The van der Waals surface area contributed by atoms with Crippen LogP contribution in [-0.2, 0) is 6.42 Å². The number of fused-ring (bicyclic) bond motifs is 3. The molecule has 90 valence electrons. The number of benzene rings is 1. The smallest absolute Gasteiger partial charge is 0.0556 e. The summed E-state index contributed by atoms with van der Waals surface area (Å²) in [7, 11) is 0. The number of nitrogens with one attached hydrogen (secondary N) is 2. The fraction of sp³-hybridized carbons (Fsp3) is 0.429. The molecule has 3 rings (SSSR count). The van der Waals surface area contributed by atoms with E-state index < -0.39 is 0 Å². The first kappa shape index (κ1) is 10.8. The molecule has 3 nitrogen and oxygen atoms in total. The highest BCUT2D eigenvalue weighted by Gasteiger charge is 2.23. The molecule has 3 N–H and O–H groups in total. The second-order valence-electron chi connectivity index (χ2n) is 4.69. The standard InChI is InChI=1S/C14H18N2O/c17-9-8-15-13-7-3-5-11-10-4-1-2-6-12(10)16-14(11)13/h1-2,4,6,13,15-17H,3,5,7-9H2/t13-/m0/s1. The number of H-pyrrole nitrogens is 1. The highest BCUT2D eigenvalue weighted by molar-refractivity contribution is 5.85. The minimum absolute atomic E-state index is 0.200. The van der Waals surface area contributed by atoms with Crippen molar-refractivity contribution in [1.29, 1.82) is 0 Å². The van der Waals surface area contributed by atoms with Crippen LogP contribution in [0.3, 0.4) is 0 Å². The number of aromatic nitrogens is 1. The van der Waals surface area contributed by atoms with Crippen LogP contribution in [0.5, 0.6) is 0 Å². The molecule has 0 radical (unpaired) electrons. The minimum atomic E-state index is 0.200. The molecular formula is C14H18N2O. The lowest BCUT2D eigenvalue weighted by molar-refractivity contribution is 0.280. The minimum Gasteiger partial charge on any atom is -0.395 e. The molecule has 0 unspecified atom stereocenters. The average molecular weight is 230 g/mol. The summed E-state index contributed by atoms with van der Waals surface area (Å²) in [5, 5.41) is 13.7. The number of aromatic amines is 1. The Morgan fingerprint density at radius 3 is 3.12 bits per heavy atom. The molecule has 0 amide bonds. The number of aliphatic hydroxyl groups excluding tert-OH is 1. The molecule has 3 heteroatoms. The Balaban J connectivity index is 2.02. The van der Waals surface area contributed by atoms with Gasteiger partial charge in [-0.3, -0.25) is 0 Å². The first-order chi connectivity index (χ1) is 8.40. The lowest BCUT2D eigenvalue weighted by Crippen LogP contribution is -2.27. The third-order valence-electron chi connectivity index (χ3n) is 3.62. The second-order valence-corrected chi connectivity index (χ2v) is 4.69. The van der Waals surface area contributed by atoms with E-state index in [9.17, 15) is 0 Å². The van der Waals surface area contributed by atoms with Gasteiger partial charge in [-0.05, 0) is 30.9 Å². The molecule has 0 bridgehead atoms. The second kappa shape index (κ2) is 4.51. The summed E-state index contributed by atoms with van der Waals surface area (Å²) in [5.41, 5.74) is 4.02. The summed E-state index contributed by atoms with van der Waals surface area (Å²) in [6.07, 6.45) is 3.54. The molecule has 1 heterocycles. The van der Waals surface area contributed by atoms with Gasteiger partial charge in [0.05, 0.1) is 6.61 Å². The Labute approximate surface area is 101 Å². The third-order valence-corrected chi connectivity index (χ3v) is 3.62. The van der Waals surface area contributed by atoms with Crippen molar-refractivity contribution in [3.8, 4) is 0 Å². The maximum Gasteiger partial charge on any atom is 0.0556 e. The van der Waals surface area contributed by atoms with Crippen molar-refractivity contribution in [2.75, 3.05) is 13.2 Å². The van der Waals surface area contributed by atoms with Crippen molar-refractivity contribution < 1.29 is 5.11 Å². The molecule has 2 aromatic rings. The number of aryl methyl sites for hydroxylation is 1. The van der Waals surface area contributed by atoms with Crippen LogP contribution in [0.2, 0.25) is 0 Å². The molecule has 1 atom stereocenters. The third kappa shape index (κ3) is 1.85. The molecule has 0 aliphatic heterocycles. The number of para-hydroxylation sites is 1. The summed E-state index contributed by atoms with van der Waals surface area (Å²) >= 11 is 0. The van der Waals surface area contributed by atoms with Crippen LogP contribution >= 0.6 is 0 Å². The summed E-state index contributed by atoms with van der Waals surface area (Å²) in [6, 6.07) is 8.87. The molecule has 1 aromatic heterocycles. The van der Waals surface area contributed by atoms with Gasteiger partial charge in [-0.2, -0.15) is 0 Å². The van der Waals surface area contributed by atoms with Gasteiger partial charge in [0.25, 0.3) is 0 Å². The van der Waals surface area contributed by atoms with E-state index in [1.807, 2.05) is 0 Å². The summed E-state index contributed by atoms with van der Waals surface area (Å²) in [5.74, 6) is 0. The van der Waals surface area contributed by atoms with Crippen molar-refractivity contribution in [2.24, 2.45) is 0 Å². The molecule has 0 fully saturated rings. The van der Waals surface area contributed by atoms with Crippen molar-refractivity contribution in [2.45, 2.75) is 25.3 Å². The quantitative estimate of drug-likeness (QED) is 0.756. The highest BCUT2D eigenvalue weighted by atomic mass is 16.3. The number of hydrogen-bond acceptors (Lipinski definition) is 2. The van der Waals surface area contributed by atoms with Gasteiger partial charge in [0.15, 0.2) is 0 Å². The van der Waals surface area contributed by atoms with Crippen LogP contribution in [0.25, 0.3) is 10.9 Å². The van der Waals surface area contributed by atoms with Crippen LogP contribution in [0.4, 0.5) is 0 Å². The van der Waals surface area contributed by atoms with Gasteiger partial charge in [-0.15, -0.1) is 0 Å². The fourth-order valence-corrected chi connectivity index (χ4v) is 2.86. The van der Waals surface area contributed by atoms with Crippen LogP contribution in [0.1, 0.15) is 30.1 Å². The monoisotopic (exact) mass is 230 g/mol. The Morgan fingerprint density at radius 1 is 1.35 bits per heavy atom. The van der Waals surface area contributed by atoms with E-state index in [0.29, 0.717) is 12.6 Å². The lowest BCUT2D eigenvalue weighted by Gasteiger charge is -2.23. The maximum atomic E-state index is 8.91. The van der Waals surface area contributed by atoms with Crippen LogP contribution in [0.15, 0.2) is 24.3 Å². The molecule has 0 spiro atoms. The van der Waals surface area contributed by atoms with Gasteiger partial charge in [-0.1, -0.05) is 18.2 Å². The van der Waals surface area contributed by atoms with Crippen LogP contribution in [-0.4, -0.2) is 23.2 Å². The number of rotatable bonds is 3. The predicted molar refractivity (Wildman–Crippen MR) is 69.1 cm³/mol. The van der Waals surface area contributed by atoms with Gasteiger partial charge in [-0.25, -0.2) is 0 Å². The SMILES string of the molecule is OCCN[C@H]1CCCc2c1[nH]c1ccccc21. The van der Waals surface area contributed by atoms with Gasteiger partial charge in [0, 0.05) is 29.2 Å². The maximum absolute atomic E-state index is 8.91. The number of aliphatic hydroxyl groups is 1. The first-order valence-corrected chi connectivity index (χ1v) is 6.34. The van der Waals surface area contributed by atoms with Gasteiger partial charge in [0.1, 0.15) is 0 Å². The van der Waals surface area contributed by atoms with E-state index in [-0.39, 0.29) is 6.61 Å². The van der Waals surface area contributed by atoms with E-state index >= 15 is 0 Å². The zero-order chi connectivity index (χ0) is 11.7. The van der Waals surface area contributed by atoms with Crippen molar-refractivity contribution in [3.05, 3.63) is 35.5 Å². The normalized spacial score (nSPS) is 19.5. The lowest BCUT2D eigenvalue weighted by atomic mass is 9.92. The van der Waals surface area contributed by atoms with E-state index in [1.165, 1.54) is 28.6 Å². The zero-order valence-electron chi connectivity index (χ0n) is 9.87. The first-order valence-electron chi connectivity index (χ1n) is 6.34. The average Bonchev–Trinajstić information content (AvgIpc) is 2.75. The molecule has 1 aromatic carbocycles. The van der Waals surface area contributed by atoms with E-state index in [4.69, 9.17) is 5.11 Å². The Morgan fingerprint density at radius 2 is 2.24 bits per heavy atom. The largest absolute Gasteiger partial charge is 0.395 e. The predicted octanol–water partition coefficient (Wildman–Crippen LogP) is 2.13. The van der Waals surface area contributed by atoms with Gasteiger partial charge >= 0.3 is 0 Å². The van der Waals surface area contributed by atoms with E-state index in [2.05, 4.69) is 34.6 Å². The van der Waals surface area contributed by atoms with Crippen LogP contribution < -0.4 is 5.32 Å². The fourth-order valence-electron chi connectivity index (χ4n) is 2.86. The summed E-state index contributed by atoms with van der Waals surface area (Å²) in [6.45, 7) is 0.867. The molecule has 1 aliphatic rings. The summed E-state index contributed by atoms with van der Waals surface area (Å²) < 4.78 is 0. The Hall–Kier alpha value is -1.32. The molecule has 0 saturated heterocycles. The van der Waals surface area contributed by atoms with Gasteiger partial charge in [0.2, 0.25) is 0 Å². The van der Waals surface area contributed by atoms with E-state index in [0.717, 1.165) is 12.8 Å². The topological polar surface area (TPSA) is 48.0 Å². The number of hydrogen-bond donors (Lipinski definition) is 3.